The number of halogens is 1. The molecule has 0 radical (unpaired) electrons. The maximum atomic E-state index is 12.7. The quantitative estimate of drug-likeness (QED) is 0.428. The molecule has 31 heavy (non-hydrogen) atoms. The lowest BCUT2D eigenvalue weighted by molar-refractivity contribution is -0.115. The number of hydrogen-bond donors (Lipinski definition) is 2. The molecule has 1 unspecified atom stereocenters. The van der Waals surface area contributed by atoms with Crippen LogP contribution in [-0.4, -0.2) is 24.2 Å². The van der Waals surface area contributed by atoms with Gasteiger partial charge >= 0.3 is 0 Å². The van der Waals surface area contributed by atoms with Gasteiger partial charge in [0.1, 0.15) is 5.75 Å². The summed E-state index contributed by atoms with van der Waals surface area (Å²) in [5.74, 6) is 0.190. The predicted octanol–water partition coefficient (Wildman–Crippen LogP) is 6.03. The molecule has 0 aliphatic heterocycles. The van der Waals surface area contributed by atoms with Crippen molar-refractivity contribution in [1.82, 2.24) is 0 Å². The van der Waals surface area contributed by atoms with Crippen molar-refractivity contribution in [3.05, 3.63) is 82.9 Å². The second-order valence-electron chi connectivity index (χ2n) is 6.89. The monoisotopic (exact) mass is 454 g/mol. The highest BCUT2D eigenvalue weighted by Crippen LogP contribution is 2.30. The van der Waals surface area contributed by atoms with Crippen LogP contribution in [0.25, 0.3) is 0 Å². The van der Waals surface area contributed by atoms with Crippen molar-refractivity contribution >= 4 is 46.6 Å². The van der Waals surface area contributed by atoms with Crippen LogP contribution < -0.4 is 15.4 Å². The van der Waals surface area contributed by atoms with Crippen molar-refractivity contribution in [3.8, 4) is 5.75 Å². The highest BCUT2D eigenvalue weighted by Gasteiger charge is 2.17. The lowest BCUT2D eigenvalue weighted by atomic mass is 10.1. The molecule has 2 amide bonds. The van der Waals surface area contributed by atoms with Gasteiger partial charge in [-0.25, -0.2) is 0 Å². The molecular formula is C24H23ClN2O3S. The number of ether oxygens (including phenoxy) is 1. The average Bonchev–Trinajstić information content (AvgIpc) is 2.74. The molecule has 0 heterocycles. The first kappa shape index (κ1) is 22.7. The number of carbonyl (C=O) groups excluding carboxylic acids is 2. The third-order valence-corrected chi connectivity index (χ3v) is 5.91. The second kappa shape index (κ2) is 10.4. The number of methoxy groups -OCH3 is 1. The van der Waals surface area contributed by atoms with Gasteiger partial charge in [0.2, 0.25) is 5.91 Å². The van der Waals surface area contributed by atoms with Gasteiger partial charge in [-0.3, -0.25) is 9.59 Å². The van der Waals surface area contributed by atoms with E-state index < -0.39 is 0 Å². The molecule has 2 N–H and O–H groups in total. The largest absolute Gasteiger partial charge is 0.495 e. The normalized spacial score (nSPS) is 11.5. The Kier molecular flexibility index (Phi) is 7.60. The van der Waals surface area contributed by atoms with E-state index in [1.807, 2.05) is 56.3 Å². The second-order valence-corrected chi connectivity index (χ2v) is 8.74. The first-order chi connectivity index (χ1) is 14.9. The van der Waals surface area contributed by atoms with Crippen LogP contribution in [0.3, 0.4) is 0 Å². The van der Waals surface area contributed by atoms with E-state index in [0.29, 0.717) is 27.7 Å². The molecule has 160 valence electrons. The van der Waals surface area contributed by atoms with E-state index in [9.17, 15) is 9.59 Å². The molecule has 3 aromatic carbocycles. The fourth-order valence-electron chi connectivity index (χ4n) is 2.94. The van der Waals surface area contributed by atoms with E-state index in [0.717, 1.165) is 10.5 Å². The highest BCUT2D eigenvalue weighted by atomic mass is 35.5. The van der Waals surface area contributed by atoms with Gasteiger partial charge in [0.05, 0.1) is 18.0 Å². The predicted molar refractivity (Wildman–Crippen MR) is 128 cm³/mol. The van der Waals surface area contributed by atoms with Gasteiger partial charge in [0, 0.05) is 21.2 Å². The maximum Gasteiger partial charge on any atom is 0.255 e. The SMILES string of the molecule is COc1ccc(Cl)cc1NC(=O)C(C)Sc1cccc(NC(=O)c2ccccc2C)c1. The zero-order valence-electron chi connectivity index (χ0n) is 17.4. The summed E-state index contributed by atoms with van der Waals surface area (Å²) in [7, 11) is 1.54. The zero-order chi connectivity index (χ0) is 22.4. The number of thioether (sulfide) groups is 1. The van der Waals surface area contributed by atoms with Crippen molar-refractivity contribution in [2.24, 2.45) is 0 Å². The van der Waals surface area contributed by atoms with E-state index in [1.54, 1.807) is 24.3 Å². The van der Waals surface area contributed by atoms with Crippen LogP contribution in [0, 0.1) is 6.92 Å². The number of benzene rings is 3. The number of amides is 2. The van der Waals surface area contributed by atoms with Crippen molar-refractivity contribution < 1.29 is 14.3 Å². The molecule has 0 aromatic heterocycles. The molecule has 0 saturated heterocycles. The summed E-state index contributed by atoms with van der Waals surface area (Å²) in [6.45, 7) is 3.71. The van der Waals surface area contributed by atoms with E-state index >= 15 is 0 Å². The third kappa shape index (κ3) is 6.03. The minimum absolute atomic E-state index is 0.168. The number of hydrogen-bond acceptors (Lipinski definition) is 4. The zero-order valence-corrected chi connectivity index (χ0v) is 19.0. The fraction of sp³-hybridized carbons (Fsp3) is 0.167. The van der Waals surface area contributed by atoms with Crippen LogP contribution >= 0.6 is 23.4 Å². The number of carbonyl (C=O) groups is 2. The van der Waals surface area contributed by atoms with Gasteiger partial charge in [-0.1, -0.05) is 35.9 Å². The summed E-state index contributed by atoms with van der Waals surface area (Å²) in [5, 5.41) is 5.90. The van der Waals surface area contributed by atoms with Gasteiger partial charge in [0.15, 0.2) is 0 Å². The Morgan fingerprint density at radius 2 is 1.77 bits per heavy atom. The summed E-state index contributed by atoms with van der Waals surface area (Å²) >= 11 is 7.42. The molecule has 1 atom stereocenters. The van der Waals surface area contributed by atoms with E-state index in [-0.39, 0.29) is 17.1 Å². The standard InChI is InChI=1S/C24H23ClN2O3S/c1-15-7-4-5-10-20(15)24(29)26-18-8-6-9-19(14-18)31-16(2)23(28)27-21-13-17(25)11-12-22(21)30-3/h4-14,16H,1-3H3,(H,26,29)(H,27,28). The van der Waals surface area contributed by atoms with Gasteiger partial charge in [0.25, 0.3) is 5.91 Å². The minimum atomic E-state index is -0.383. The van der Waals surface area contributed by atoms with Gasteiger partial charge < -0.3 is 15.4 Å². The maximum absolute atomic E-state index is 12.7. The Balaban J connectivity index is 1.66. The number of nitrogens with one attached hydrogen (secondary N) is 2. The van der Waals surface area contributed by atoms with Crippen LogP contribution in [0.4, 0.5) is 11.4 Å². The van der Waals surface area contributed by atoms with Crippen molar-refractivity contribution in [2.75, 3.05) is 17.7 Å². The number of anilines is 2. The fourth-order valence-corrected chi connectivity index (χ4v) is 4.04. The highest BCUT2D eigenvalue weighted by molar-refractivity contribution is 8.00. The summed E-state index contributed by atoms with van der Waals surface area (Å²) < 4.78 is 5.28. The molecule has 0 spiro atoms. The molecule has 3 aromatic rings. The van der Waals surface area contributed by atoms with E-state index in [4.69, 9.17) is 16.3 Å². The topological polar surface area (TPSA) is 67.4 Å². The lowest BCUT2D eigenvalue weighted by Crippen LogP contribution is -2.22. The molecule has 3 rings (SSSR count). The molecule has 0 fully saturated rings. The molecule has 5 nitrogen and oxygen atoms in total. The van der Waals surface area contributed by atoms with Crippen LogP contribution in [0.15, 0.2) is 71.6 Å². The first-order valence-electron chi connectivity index (χ1n) is 9.65. The molecular weight excluding hydrogens is 432 g/mol. The summed E-state index contributed by atoms with van der Waals surface area (Å²) in [4.78, 5) is 26.1. The van der Waals surface area contributed by atoms with Crippen LogP contribution in [0.5, 0.6) is 5.75 Å². The Labute approximate surface area is 191 Å². The first-order valence-corrected chi connectivity index (χ1v) is 10.9. The van der Waals surface area contributed by atoms with Gasteiger partial charge in [-0.05, 0) is 61.9 Å². The molecule has 0 aliphatic rings. The molecule has 0 bridgehead atoms. The average molecular weight is 455 g/mol. The van der Waals surface area contributed by atoms with Crippen molar-refractivity contribution in [2.45, 2.75) is 24.0 Å². The van der Waals surface area contributed by atoms with Crippen molar-refractivity contribution in [1.29, 1.82) is 0 Å². The van der Waals surface area contributed by atoms with Gasteiger partial charge in [-0.15, -0.1) is 11.8 Å². The van der Waals surface area contributed by atoms with Crippen LogP contribution in [-0.2, 0) is 4.79 Å². The summed E-state index contributed by atoms with van der Waals surface area (Å²) in [6.07, 6.45) is 0. The van der Waals surface area contributed by atoms with E-state index in [2.05, 4.69) is 10.6 Å². The van der Waals surface area contributed by atoms with Crippen LogP contribution in [0.1, 0.15) is 22.8 Å². The molecule has 0 aliphatic carbocycles. The molecule has 7 heteroatoms. The summed E-state index contributed by atoms with van der Waals surface area (Å²) in [5.41, 5.74) is 2.73. The van der Waals surface area contributed by atoms with E-state index in [1.165, 1.54) is 18.9 Å². The van der Waals surface area contributed by atoms with Gasteiger partial charge in [-0.2, -0.15) is 0 Å². The molecule has 0 saturated carbocycles. The minimum Gasteiger partial charge on any atom is -0.495 e. The number of rotatable bonds is 7. The Bertz CT molecular complexity index is 1100. The smallest absolute Gasteiger partial charge is 0.255 e. The van der Waals surface area contributed by atoms with Crippen LogP contribution in [0.2, 0.25) is 5.02 Å². The third-order valence-electron chi connectivity index (χ3n) is 4.58. The van der Waals surface area contributed by atoms with Crippen molar-refractivity contribution in [3.63, 3.8) is 0 Å². The Hall–Kier alpha value is -2.96. The Morgan fingerprint density at radius 3 is 2.52 bits per heavy atom. The summed E-state index contributed by atoms with van der Waals surface area (Å²) in [6, 6.07) is 19.9. The number of aryl methyl sites for hydroxylation is 1. The Morgan fingerprint density at radius 1 is 1.00 bits per heavy atom. The lowest BCUT2D eigenvalue weighted by Gasteiger charge is -2.15.